The Kier molecular flexibility index (Phi) is 5.62. The molecular formula is C19H23ClF3NO4. The molecule has 28 heavy (non-hydrogen) atoms. The fourth-order valence-electron chi connectivity index (χ4n) is 3.83. The molecule has 9 heteroatoms. The van der Waals surface area contributed by atoms with Crippen molar-refractivity contribution in [2.75, 3.05) is 0 Å². The molecule has 1 aromatic rings. The van der Waals surface area contributed by atoms with Crippen LogP contribution in [0.4, 0.5) is 18.0 Å². The molecule has 3 rings (SSSR count). The Hall–Kier alpha value is -1.83. The third kappa shape index (κ3) is 5.37. The van der Waals surface area contributed by atoms with Gasteiger partial charge in [-0.2, -0.15) is 0 Å². The van der Waals surface area contributed by atoms with Crippen LogP contribution in [-0.4, -0.2) is 41.1 Å². The van der Waals surface area contributed by atoms with Crippen molar-refractivity contribution in [3.05, 3.63) is 23.2 Å². The number of carbonyl (C=O) groups is 1. The number of piperidine rings is 1. The highest BCUT2D eigenvalue weighted by molar-refractivity contribution is 6.30. The van der Waals surface area contributed by atoms with Gasteiger partial charge in [0.2, 0.25) is 0 Å². The summed E-state index contributed by atoms with van der Waals surface area (Å²) in [4.78, 5) is 14.3. The highest BCUT2D eigenvalue weighted by atomic mass is 35.5. The predicted molar refractivity (Wildman–Crippen MR) is 96.7 cm³/mol. The van der Waals surface area contributed by atoms with Gasteiger partial charge in [0.1, 0.15) is 23.2 Å². The molecule has 2 unspecified atom stereocenters. The van der Waals surface area contributed by atoms with Crippen LogP contribution in [0.15, 0.2) is 18.2 Å². The highest BCUT2D eigenvalue weighted by Gasteiger charge is 2.45. The summed E-state index contributed by atoms with van der Waals surface area (Å²) in [5.41, 5.74) is -0.570. The Morgan fingerprint density at radius 2 is 1.64 bits per heavy atom. The lowest BCUT2D eigenvalue weighted by Crippen LogP contribution is -2.50. The molecule has 2 aliphatic heterocycles. The Morgan fingerprint density at radius 3 is 2.18 bits per heavy atom. The van der Waals surface area contributed by atoms with E-state index in [4.69, 9.17) is 21.1 Å². The summed E-state index contributed by atoms with van der Waals surface area (Å²) in [6.45, 7) is 5.47. The van der Waals surface area contributed by atoms with Crippen LogP contribution < -0.4 is 9.47 Å². The van der Waals surface area contributed by atoms with Crippen molar-refractivity contribution in [1.82, 2.24) is 4.90 Å². The van der Waals surface area contributed by atoms with Crippen molar-refractivity contribution < 1.29 is 32.2 Å². The van der Waals surface area contributed by atoms with E-state index in [-0.39, 0.29) is 35.1 Å². The van der Waals surface area contributed by atoms with Crippen LogP contribution in [0.3, 0.4) is 0 Å². The normalized spacial score (nSPS) is 24.8. The van der Waals surface area contributed by atoms with Gasteiger partial charge in [0.15, 0.2) is 0 Å². The number of fused-ring (bicyclic) bond motifs is 2. The molecule has 1 amide bonds. The van der Waals surface area contributed by atoms with Crippen LogP contribution in [-0.2, 0) is 4.74 Å². The van der Waals surface area contributed by atoms with E-state index in [1.165, 1.54) is 12.1 Å². The average Bonchev–Trinajstić information content (AvgIpc) is 2.75. The first-order valence-electron chi connectivity index (χ1n) is 9.14. The van der Waals surface area contributed by atoms with E-state index in [0.717, 1.165) is 18.9 Å². The number of nitrogens with zero attached hydrogens (tertiary/aromatic N) is 1. The van der Waals surface area contributed by atoms with Crippen molar-refractivity contribution in [2.24, 2.45) is 0 Å². The molecule has 0 aromatic heterocycles. The zero-order valence-electron chi connectivity index (χ0n) is 15.9. The van der Waals surface area contributed by atoms with Gasteiger partial charge in [-0.15, -0.1) is 13.2 Å². The van der Waals surface area contributed by atoms with Crippen molar-refractivity contribution in [3.8, 4) is 11.5 Å². The molecule has 0 spiro atoms. The SMILES string of the molecule is CC(C)(C)OC(=O)N1C2CC[C@H]1CC(Oc1cc(Cl)cc(OC(F)(F)F)c1)C2. The van der Waals surface area contributed by atoms with Crippen molar-refractivity contribution in [2.45, 2.75) is 76.6 Å². The maximum absolute atomic E-state index is 12.5. The average molecular weight is 422 g/mol. The van der Waals surface area contributed by atoms with Gasteiger partial charge in [-0.25, -0.2) is 4.79 Å². The van der Waals surface area contributed by atoms with Gasteiger partial charge in [0.05, 0.1) is 0 Å². The first-order chi connectivity index (χ1) is 12.9. The van der Waals surface area contributed by atoms with Gasteiger partial charge in [0, 0.05) is 36.0 Å². The molecule has 2 heterocycles. The molecule has 0 aliphatic carbocycles. The number of ether oxygens (including phenoxy) is 3. The molecule has 2 fully saturated rings. The Balaban J connectivity index is 1.66. The van der Waals surface area contributed by atoms with Gasteiger partial charge >= 0.3 is 12.5 Å². The molecule has 0 N–H and O–H groups in total. The first kappa shape index (κ1) is 20.9. The van der Waals surface area contributed by atoms with Crippen LogP contribution in [0.1, 0.15) is 46.5 Å². The monoisotopic (exact) mass is 421 g/mol. The van der Waals surface area contributed by atoms with Gasteiger partial charge < -0.3 is 19.1 Å². The van der Waals surface area contributed by atoms with E-state index in [2.05, 4.69) is 4.74 Å². The quantitative estimate of drug-likeness (QED) is 0.642. The van der Waals surface area contributed by atoms with E-state index in [9.17, 15) is 18.0 Å². The van der Waals surface area contributed by atoms with Crippen LogP contribution in [0.5, 0.6) is 11.5 Å². The number of rotatable bonds is 3. The summed E-state index contributed by atoms with van der Waals surface area (Å²) in [5, 5.41) is 0.0888. The molecule has 0 saturated carbocycles. The topological polar surface area (TPSA) is 48.0 Å². The molecule has 2 bridgehead atoms. The summed E-state index contributed by atoms with van der Waals surface area (Å²) in [5.74, 6) is -0.217. The number of halogens is 4. The third-order valence-corrected chi connectivity index (χ3v) is 4.89. The third-order valence-electron chi connectivity index (χ3n) is 4.68. The van der Waals surface area contributed by atoms with E-state index >= 15 is 0 Å². The number of hydrogen-bond acceptors (Lipinski definition) is 4. The van der Waals surface area contributed by atoms with Crippen molar-refractivity contribution >= 4 is 17.7 Å². The lowest BCUT2D eigenvalue weighted by Gasteiger charge is -2.39. The van der Waals surface area contributed by atoms with E-state index in [1.807, 2.05) is 20.8 Å². The van der Waals surface area contributed by atoms with E-state index in [0.29, 0.717) is 12.8 Å². The zero-order chi connectivity index (χ0) is 20.7. The molecule has 2 saturated heterocycles. The molecule has 1 aromatic carbocycles. The number of amides is 1. The van der Waals surface area contributed by atoms with Crippen LogP contribution >= 0.6 is 11.6 Å². The largest absolute Gasteiger partial charge is 0.573 e. The summed E-state index contributed by atoms with van der Waals surface area (Å²) in [7, 11) is 0. The number of carbonyl (C=O) groups excluding carboxylic acids is 1. The summed E-state index contributed by atoms with van der Waals surface area (Å²) >= 11 is 5.90. The summed E-state index contributed by atoms with van der Waals surface area (Å²) in [6.07, 6.45) is -2.51. The van der Waals surface area contributed by atoms with Gasteiger partial charge in [0.25, 0.3) is 0 Å². The molecule has 2 aliphatic rings. The minimum atomic E-state index is -4.81. The smallest absolute Gasteiger partial charge is 0.490 e. The second kappa shape index (κ2) is 7.54. The first-order valence-corrected chi connectivity index (χ1v) is 9.52. The Morgan fingerprint density at radius 1 is 1.07 bits per heavy atom. The summed E-state index contributed by atoms with van der Waals surface area (Å²) in [6, 6.07) is 3.68. The van der Waals surface area contributed by atoms with Crippen molar-refractivity contribution in [3.63, 3.8) is 0 Å². The van der Waals surface area contributed by atoms with Crippen molar-refractivity contribution in [1.29, 1.82) is 0 Å². The molecule has 3 atom stereocenters. The lowest BCUT2D eigenvalue weighted by atomic mass is 10.00. The number of benzene rings is 1. The van der Waals surface area contributed by atoms with Crippen LogP contribution in [0, 0.1) is 0 Å². The number of hydrogen-bond donors (Lipinski definition) is 0. The van der Waals surface area contributed by atoms with Gasteiger partial charge in [-0.1, -0.05) is 11.6 Å². The van der Waals surface area contributed by atoms with Crippen LogP contribution in [0.25, 0.3) is 0 Å². The van der Waals surface area contributed by atoms with E-state index < -0.39 is 17.7 Å². The van der Waals surface area contributed by atoms with Gasteiger partial charge in [-0.3, -0.25) is 0 Å². The maximum atomic E-state index is 12.5. The summed E-state index contributed by atoms with van der Waals surface area (Å²) < 4.78 is 52.7. The molecule has 0 radical (unpaired) electrons. The second-order valence-corrected chi connectivity index (χ2v) is 8.59. The molecule has 5 nitrogen and oxygen atoms in total. The van der Waals surface area contributed by atoms with Crippen LogP contribution in [0.2, 0.25) is 5.02 Å². The Bertz CT molecular complexity index is 721. The lowest BCUT2D eigenvalue weighted by molar-refractivity contribution is -0.274. The second-order valence-electron chi connectivity index (χ2n) is 8.15. The standard InChI is InChI=1S/C19H23ClF3NO4/c1-18(2,3)28-17(25)24-12-4-5-13(24)9-15(8-12)26-14-6-11(20)7-16(10-14)27-19(21,22)23/h6-7,10,12-13,15H,4-5,8-9H2,1-3H3/t12-,13?,15?/m0/s1. The highest BCUT2D eigenvalue weighted by Crippen LogP contribution is 2.39. The Labute approximate surface area is 166 Å². The maximum Gasteiger partial charge on any atom is 0.573 e. The minimum Gasteiger partial charge on any atom is -0.490 e. The fourth-order valence-corrected chi connectivity index (χ4v) is 4.04. The predicted octanol–water partition coefficient (Wildman–Crippen LogP) is 5.55. The van der Waals surface area contributed by atoms with Gasteiger partial charge in [-0.05, 0) is 45.7 Å². The molecule has 156 valence electrons. The fraction of sp³-hybridized carbons (Fsp3) is 0.632. The van der Waals surface area contributed by atoms with E-state index in [1.54, 1.807) is 4.90 Å². The number of alkyl halides is 3. The minimum absolute atomic E-state index is 0.0105. The molecular weight excluding hydrogens is 399 g/mol. The zero-order valence-corrected chi connectivity index (χ0v) is 16.6.